The van der Waals surface area contributed by atoms with Crippen LogP contribution in [0.25, 0.3) is 10.8 Å². The number of halogens is 24. The molecule has 84 heavy (non-hydrogen) atoms. The molecule has 0 aliphatic carbocycles. The number of ether oxygens (including phenoxy) is 1. The van der Waals surface area contributed by atoms with E-state index in [4.69, 9.17) is 4.74 Å². The third-order valence-corrected chi connectivity index (χ3v) is 13.0. The highest BCUT2D eigenvalue weighted by molar-refractivity contribution is 7.20. The Kier molecular flexibility index (Phi) is 16.9. The highest BCUT2D eigenvalue weighted by atomic mass is 19.4. The summed E-state index contributed by atoms with van der Waals surface area (Å²) in [6.07, 6.45) is -52.9. The number of nitrogens with zero attached hydrogens (tertiary/aromatic N) is 1. The molecule has 0 aliphatic rings. The van der Waals surface area contributed by atoms with E-state index in [1.165, 1.54) is 5.56 Å². The summed E-state index contributed by atoms with van der Waals surface area (Å²) in [5.74, 6) is 1.46. The van der Waals surface area contributed by atoms with Crippen molar-refractivity contribution in [3.05, 3.63) is 220 Å². The predicted molar refractivity (Wildman–Crippen MR) is 256 cm³/mol. The van der Waals surface area contributed by atoms with Gasteiger partial charge in [-0.15, -0.1) is 0 Å². The highest BCUT2D eigenvalue weighted by Gasteiger charge is 2.47. The van der Waals surface area contributed by atoms with Gasteiger partial charge in [0.2, 0.25) is 12.3 Å². The minimum absolute atomic E-state index is 0.0460. The second-order valence-corrected chi connectivity index (χ2v) is 18.8. The number of carbonyl (C=O) groups is 1. The molecule has 0 bridgehead atoms. The van der Waals surface area contributed by atoms with Crippen LogP contribution < -0.4 is 31.2 Å². The number of ketones is 1. The van der Waals surface area contributed by atoms with E-state index in [0.717, 1.165) is 16.5 Å². The second kappa shape index (κ2) is 22.4. The number of rotatable bonds is 9. The molecule has 8 rings (SSSR count). The minimum atomic E-state index is -6.13. The van der Waals surface area contributed by atoms with Crippen molar-refractivity contribution < 1.29 is 119 Å². The number of hydrogen-bond donors (Lipinski definition) is 0. The Labute approximate surface area is 457 Å². The quantitative estimate of drug-likeness (QED) is 0.0624. The Balaban J connectivity index is 0.000000309. The molecule has 0 amide bonds. The van der Waals surface area contributed by atoms with Gasteiger partial charge in [0.05, 0.1) is 49.9 Å². The lowest BCUT2D eigenvalue weighted by Gasteiger charge is -2.46. The predicted octanol–water partition coefficient (Wildman–Crippen LogP) is 16.3. The van der Waals surface area contributed by atoms with Crippen molar-refractivity contribution in [2.24, 2.45) is 0 Å². The summed E-state index contributed by atoms with van der Waals surface area (Å²) in [6.45, 7) is 2.26. The van der Waals surface area contributed by atoms with Crippen LogP contribution in [0.2, 0.25) is 0 Å². The number of aryl methyl sites for hydroxylation is 1. The first-order valence-electron chi connectivity index (χ1n) is 23.6. The summed E-state index contributed by atoms with van der Waals surface area (Å²) in [5, 5.41) is 2.05. The maximum atomic E-state index is 14.2. The fourth-order valence-corrected chi connectivity index (χ4v) is 9.13. The van der Waals surface area contributed by atoms with E-state index >= 15 is 0 Å². The molecular weight excluding hydrogens is 1190 g/mol. The van der Waals surface area contributed by atoms with Gasteiger partial charge in [-0.1, -0.05) is 115 Å². The fraction of sp³-hybridized carbons (Fsp3) is 0.179. The van der Waals surface area contributed by atoms with Crippen molar-refractivity contribution in [3.8, 4) is 11.6 Å². The summed E-state index contributed by atoms with van der Waals surface area (Å²) in [5.41, 5.74) is -28.3. The van der Waals surface area contributed by atoms with E-state index in [2.05, 4.69) is 0 Å². The van der Waals surface area contributed by atoms with Crippen LogP contribution in [-0.4, -0.2) is 11.9 Å². The van der Waals surface area contributed by atoms with Gasteiger partial charge in [0.25, 0.3) is 0 Å². The number of hydrogen-bond acceptors (Lipinski definition) is 2. The Morgan fingerprint density at radius 3 is 0.988 bits per heavy atom. The molecule has 0 spiro atoms. The first-order chi connectivity index (χ1) is 38.5. The summed E-state index contributed by atoms with van der Waals surface area (Å²) < 4.78 is 349. The number of carbonyl (C=O) groups excluding carboxylic acids is 1. The normalized spacial score (nSPS) is 13.2. The van der Waals surface area contributed by atoms with E-state index in [1.807, 2.05) is 103 Å². The molecule has 0 N–H and O–H groups in total. The molecule has 7 aromatic carbocycles. The van der Waals surface area contributed by atoms with Gasteiger partial charge in [0.1, 0.15) is 11.9 Å². The van der Waals surface area contributed by atoms with Crippen LogP contribution in [0.15, 0.2) is 164 Å². The Morgan fingerprint density at radius 1 is 0.381 bits per heavy atom. The first-order valence-corrected chi connectivity index (χ1v) is 23.6. The van der Waals surface area contributed by atoms with E-state index < -0.39 is 195 Å². The topological polar surface area (TPSA) is 30.2 Å². The Morgan fingerprint density at radius 2 is 0.679 bits per heavy atom. The van der Waals surface area contributed by atoms with Crippen LogP contribution in [0.3, 0.4) is 0 Å². The van der Waals surface area contributed by atoms with Gasteiger partial charge >= 0.3 is 55.3 Å². The molecular formula is C56H32BF24NO2. The number of alkyl halides is 24. The monoisotopic (exact) mass is 1220 g/mol. The zero-order valence-electron chi connectivity index (χ0n) is 41.7. The lowest BCUT2D eigenvalue weighted by atomic mass is 9.12. The number of Topliss-reactive ketones (excluding diaryl/α,β-unsaturated/α-hetero) is 1. The molecule has 0 atom stereocenters. The van der Waals surface area contributed by atoms with Gasteiger partial charge in [-0.2, -0.15) is 132 Å². The van der Waals surface area contributed by atoms with Crippen molar-refractivity contribution >= 4 is 44.6 Å². The Bertz CT molecular complexity index is 3270. The first kappa shape index (κ1) is 63.4. The van der Waals surface area contributed by atoms with Crippen LogP contribution in [0.4, 0.5) is 105 Å². The molecule has 444 valence electrons. The van der Waals surface area contributed by atoms with Gasteiger partial charge in [-0.25, -0.2) is 0 Å². The number of fused-ring (bicyclic) bond motifs is 1. The maximum absolute atomic E-state index is 14.2. The van der Waals surface area contributed by atoms with Crippen molar-refractivity contribution in [1.82, 2.24) is 0 Å². The molecule has 0 aliphatic heterocycles. The molecule has 0 fully saturated rings. The molecule has 0 unspecified atom stereocenters. The maximum Gasteiger partial charge on any atom is 0.416 e. The van der Waals surface area contributed by atoms with Crippen LogP contribution in [0.5, 0.6) is 11.6 Å². The van der Waals surface area contributed by atoms with Crippen molar-refractivity contribution in [2.75, 3.05) is 0 Å². The van der Waals surface area contributed by atoms with E-state index in [0.29, 0.717) is 11.4 Å². The third-order valence-electron chi connectivity index (χ3n) is 13.0. The molecule has 3 nitrogen and oxygen atoms in total. The number of aromatic nitrogens is 1. The standard InChI is InChI=1S/C32H12BF24.C24H20NO2/c34-25(35,36)13-1-14(26(37,38)39)6-21(5-13)33(22-7-15(27(40,41)42)2-16(8-22)28(43,44)45,23-9-17(29(46,47)48)3-18(10-23)30(49,50)51)24-11-19(31(52,53)54)4-20(12-24)32(55,56)57;1-18-11-13-21(14-12-18)27-24-22-10-6-5-7-19(22)15-16-25(24)17-23(26)20-8-3-2-4-9-20/h1-12H;2-16H,17H2,1H3/q-1;+1. The molecule has 1 heterocycles. The third kappa shape index (κ3) is 14.2. The molecule has 0 radical (unpaired) electrons. The van der Waals surface area contributed by atoms with Gasteiger partial charge in [-0.05, 0) is 54.8 Å². The van der Waals surface area contributed by atoms with Crippen molar-refractivity contribution in [1.29, 1.82) is 0 Å². The van der Waals surface area contributed by atoms with Crippen LogP contribution >= 0.6 is 0 Å². The number of benzene rings is 7. The van der Waals surface area contributed by atoms with Crippen LogP contribution in [0.1, 0.15) is 60.4 Å². The molecule has 1 aromatic heterocycles. The molecule has 8 aromatic rings. The van der Waals surface area contributed by atoms with Gasteiger partial charge in [-0.3, -0.25) is 4.79 Å². The Hall–Kier alpha value is -8.20. The average molecular weight is 1220 g/mol. The zero-order valence-corrected chi connectivity index (χ0v) is 41.7. The summed E-state index contributed by atoms with van der Waals surface area (Å²) in [4.78, 5) is 12.7. The second-order valence-electron chi connectivity index (χ2n) is 18.8. The van der Waals surface area contributed by atoms with Gasteiger partial charge < -0.3 is 4.74 Å². The van der Waals surface area contributed by atoms with Crippen LogP contribution in [0, 0.1) is 6.92 Å². The van der Waals surface area contributed by atoms with Gasteiger partial charge in [0, 0.05) is 11.6 Å². The zero-order chi connectivity index (χ0) is 62.6. The van der Waals surface area contributed by atoms with Gasteiger partial charge in [0.15, 0.2) is 6.20 Å². The highest BCUT2D eigenvalue weighted by Crippen LogP contribution is 2.42. The molecule has 0 saturated heterocycles. The van der Waals surface area contributed by atoms with E-state index in [-0.39, 0.29) is 12.3 Å². The smallest absolute Gasteiger partial charge is 0.405 e. The average Bonchev–Trinajstić information content (AvgIpc) is 0.833. The summed E-state index contributed by atoms with van der Waals surface area (Å²) >= 11 is 0. The summed E-state index contributed by atoms with van der Waals surface area (Å²) in [7, 11) is 0. The fourth-order valence-electron chi connectivity index (χ4n) is 9.13. The molecule has 28 heteroatoms. The largest absolute Gasteiger partial charge is 0.416 e. The minimum Gasteiger partial charge on any atom is -0.405 e. The van der Waals surface area contributed by atoms with E-state index in [1.54, 1.807) is 0 Å². The van der Waals surface area contributed by atoms with Crippen molar-refractivity contribution in [3.63, 3.8) is 0 Å². The molecule has 0 saturated carbocycles. The van der Waals surface area contributed by atoms with E-state index in [9.17, 15) is 110 Å². The van der Waals surface area contributed by atoms with Crippen molar-refractivity contribution in [2.45, 2.75) is 62.9 Å². The lowest BCUT2D eigenvalue weighted by Crippen LogP contribution is -2.75. The summed E-state index contributed by atoms with van der Waals surface area (Å²) in [6, 6.07) is 18.5. The number of pyridine rings is 1. The van der Waals surface area contributed by atoms with Crippen LogP contribution in [-0.2, 0) is 56.0 Å². The SMILES string of the molecule is Cc1ccc(Oc2c3ccccc3cc[n+]2CC(=O)c2ccccc2)cc1.FC(F)(F)c1cc([B-](c2cc(C(F)(F)F)cc(C(F)(F)F)c2)(c2cc(C(F)(F)F)cc(C(F)(F)F)c2)c2cc(C(F)(F)F)cc(C(F)(F)F)c2)cc(C(F)(F)F)c1. The lowest BCUT2D eigenvalue weighted by molar-refractivity contribution is -0.685.